The minimum absolute atomic E-state index is 0.182. The molecule has 4 rings (SSSR count). The van der Waals surface area contributed by atoms with E-state index in [1.807, 2.05) is 31.2 Å². The molecule has 1 aliphatic heterocycles. The number of rotatable bonds is 5. The van der Waals surface area contributed by atoms with Crippen LogP contribution in [0.4, 0.5) is 10.5 Å². The van der Waals surface area contributed by atoms with Crippen LogP contribution in [0.1, 0.15) is 16.7 Å². The van der Waals surface area contributed by atoms with Gasteiger partial charge in [0.25, 0.3) is 11.8 Å². The van der Waals surface area contributed by atoms with E-state index in [2.05, 4.69) is 37.2 Å². The molecule has 4 amide bonds. The van der Waals surface area contributed by atoms with Gasteiger partial charge in [-0.15, -0.1) is 0 Å². The summed E-state index contributed by atoms with van der Waals surface area (Å²) in [6.45, 7) is 2.15. The summed E-state index contributed by atoms with van der Waals surface area (Å²) in [4.78, 5) is 38.9. The first-order valence-electron chi connectivity index (χ1n) is 10.1. The second-order valence-electron chi connectivity index (χ2n) is 7.46. The Morgan fingerprint density at radius 3 is 2.47 bits per heavy atom. The highest BCUT2D eigenvalue weighted by atomic mass is 79.9. The van der Waals surface area contributed by atoms with Gasteiger partial charge in [-0.1, -0.05) is 67.7 Å². The van der Waals surface area contributed by atoms with Crippen molar-refractivity contribution in [2.45, 2.75) is 13.5 Å². The van der Waals surface area contributed by atoms with E-state index in [4.69, 9.17) is 16.3 Å². The number of anilines is 1. The maximum absolute atomic E-state index is 13.1. The minimum Gasteiger partial charge on any atom is -0.487 e. The van der Waals surface area contributed by atoms with Crippen LogP contribution in [-0.2, 0) is 16.2 Å². The number of ether oxygens (including phenoxy) is 1. The average Bonchev–Trinajstić information content (AvgIpc) is 2.79. The summed E-state index contributed by atoms with van der Waals surface area (Å²) in [5, 5.41) is 2.54. The normalized spacial score (nSPS) is 15.0. The van der Waals surface area contributed by atoms with Crippen molar-refractivity contribution in [3.8, 4) is 5.75 Å². The zero-order valence-electron chi connectivity index (χ0n) is 17.8. The number of hydrogen-bond donors (Lipinski definition) is 1. The molecule has 0 spiro atoms. The van der Waals surface area contributed by atoms with E-state index in [-0.39, 0.29) is 5.57 Å². The molecule has 34 heavy (non-hydrogen) atoms. The summed E-state index contributed by atoms with van der Waals surface area (Å²) in [5.41, 5.74) is 2.49. The summed E-state index contributed by atoms with van der Waals surface area (Å²) >= 11 is 13.3. The monoisotopic (exact) mass is 602 g/mol. The van der Waals surface area contributed by atoms with Crippen LogP contribution in [0, 0.1) is 6.92 Å². The molecule has 0 saturated carbocycles. The standard InChI is InChI=1S/C25H17Br2ClN2O4/c1-14-10-17(7-8-19(14)26)30-24(32)18(23(31)29-25(30)33)11-15-6-9-22(21(28)12-15)34-13-16-4-2-3-5-20(16)27/h2-12H,13H2,1H3,(H,29,31,33)/b18-11-. The molecular formula is C25H17Br2ClN2O4. The molecule has 0 radical (unpaired) electrons. The van der Waals surface area contributed by atoms with E-state index in [9.17, 15) is 14.4 Å². The van der Waals surface area contributed by atoms with Gasteiger partial charge in [0.2, 0.25) is 0 Å². The third-order valence-electron chi connectivity index (χ3n) is 5.11. The lowest BCUT2D eigenvalue weighted by Crippen LogP contribution is -2.54. The molecule has 0 bridgehead atoms. The number of urea groups is 1. The van der Waals surface area contributed by atoms with Gasteiger partial charge in [-0.25, -0.2) is 9.69 Å². The fourth-order valence-electron chi connectivity index (χ4n) is 3.32. The van der Waals surface area contributed by atoms with Crippen molar-refractivity contribution in [1.82, 2.24) is 5.32 Å². The fourth-order valence-corrected chi connectivity index (χ4v) is 4.21. The number of amides is 4. The lowest BCUT2D eigenvalue weighted by molar-refractivity contribution is -0.122. The smallest absolute Gasteiger partial charge is 0.335 e. The van der Waals surface area contributed by atoms with Crippen LogP contribution in [0.2, 0.25) is 5.02 Å². The number of carbonyl (C=O) groups is 3. The van der Waals surface area contributed by atoms with Crippen LogP contribution in [0.25, 0.3) is 6.08 Å². The number of benzene rings is 3. The number of hydrogen-bond acceptors (Lipinski definition) is 4. The highest BCUT2D eigenvalue weighted by Gasteiger charge is 2.36. The molecule has 6 nitrogen and oxygen atoms in total. The number of nitrogens with one attached hydrogen (secondary N) is 1. The maximum atomic E-state index is 13.1. The Hall–Kier alpha value is -2.94. The van der Waals surface area contributed by atoms with Gasteiger partial charge in [0.15, 0.2) is 0 Å². The van der Waals surface area contributed by atoms with Gasteiger partial charge in [0, 0.05) is 14.5 Å². The van der Waals surface area contributed by atoms with Crippen LogP contribution in [-0.4, -0.2) is 17.8 Å². The largest absolute Gasteiger partial charge is 0.487 e. The van der Waals surface area contributed by atoms with E-state index in [0.29, 0.717) is 28.6 Å². The van der Waals surface area contributed by atoms with Crippen molar-refractivity contribution in [2.24, 2.45) is 0 Å². The van der Waals surface area contributed by atoms with Crippen molar-refractivity contribution < 1.29 is 19.1 Å². The summed E-state index contributed by atoms with van der Waals surface area (Å²) in [7, 11) is 0. The Kier molecular flexibility index (Phi) is 7.21. The van der Waals surface area contributed by atoms with Crippen LogP contribution < -0.4 is 15.0 Å². The molecule has 1 aliphatic rings. The Morgan fingerprint density at radius 2 is 1.76 bits per heavy atom. The second kappa shape index (κ2) is 10.1. The molecule has 9 heteroatoms. The van der Waals surface area contributed by atoms with Gasteiger partial charge < -0.3 is 4.74 Å². The van der Waals surface area contributed by atoms with Gasteiger partial charge in [0.05, 0.1) is 10.7 Å². The predicted molar refractivity (Wildman–Crippen MR) is 138 cm³/mol. The third-order valence-corrected chi connectivity index (χ3v) is 7.07. The molecule has 3 aromatic carbocycles. The van der Waals surface area contributed by atoms with Crippen molar-refractivity contribution in [3.63, 3.8) is 0 Å². The number of carbonyl (C=O) groups excluding carboxylic acids is 3. The molecule has 0 aliphatic carbocycles. The first-order valence-corrected chi connectivity index (χ1v) is 12.0. The molecule has 0 unspecified atom stereocenters. The van der Waals surface area contributed by atoms with Gasteiger partial charge in [-0.05, 0) is 60.5 Å². The highest BCUT2D eigenvalue weighted by Crippen LogP contribution is 2.30. The quantitative estimate of drug-likeness (QED) is 0.270. The molecular weight excluding hydrogens is 588 g/mol. The van der Waals surface area contributed by atoms with Crippen molar-refractivity contribution >= 4 is 73.1 Å². The van der Waals surface area contributed by atoms with Gasteiger partial charge in [-0.2, -0.15) is 0 Å². The van der Waals surface area contributed by atoms with E-state index < -0.39 is 17.8 Å². The Balaban J connectivity index is 1.58. The Morgan fingerprint density at radius 1 is 1.00 bits per heavy atom. The van der Waals surface area contributed by atoms with Gasteiger partial charge in [-0.3, -0.25) is 14.9 Å². The molecule has 0 aromatic heterocycles. The lowest BCUT2D eigenvalue weighted by atomic mass is 10.1. The predicted octanol–water partition coefficient (Wildman–Crippen LogP) is 6.42. The molecule has 172 valence electrons. The van der Waals surface area contributed by atoms with Crippen LogP contribution in [0.5, 0.6) is 5.75 Å². The van der Waals surface area contributed by atoms with Crippen LogP contribution >= 0.6 is 43.5 Å². The topological polar surface area (TPSA) is 75.7 Å². The van der Waals surface area contributed by atoms with Crippen LogP contribution in [0.15, 0.2) is 75.2 Å². The maximum Gasteiger partial charge on any atom is 0.335 e. The first-order chi connectivity index (χ1) is 16.2. The third kappa shape index (κ3) is 5.09. The van der Waals surface area contributed by atoms with Crippen LogP contribution in [0.3, 0.4) is 0 Å². The highest BCUT2D eigenvalue weighted by molar-refractivity contribution is 9.10. The summed E-state index contributed by atoms with van der Waals surface area (Å²) < 4.78 is 7.58. The van der Waals surface area contributed by atoms with Crippen molar-refractivity contribution in [1.29, 1.82) is 0 Å². The van der Waals surface area contributed by atoms with E-state index >= 15 is 0 Å². The summed E-state index contributed by atoms with van der Waals surface area (Å²) in [5.74, 6) is -1.03. The molecule has 0 atom stereocenters. The number of aryl methyl sites for hydroxylation is 1. The number of halogens is 3. The van der Waals surface area contributed by atoms with Crippen molar-refractivity contribution in [2.75, 3.05) is 4.90 Å². The number of nitrogens with zero attached hydrogens (tertiary/aromatic N) is 1. The molecule has 3 aromatic rings. The molecule has 1 heterocycles. The zero-order valence-corrected chi connectivity index (χ0v) is 21.7. The molecule has 1 fully saturated rings. The van der Waals surface area contributed by atoms with Gasteiger partial charge in [0.1, 0.15) is 17.9 Å². The summed E-state index contributed by atoms with van der Waals surface area (Å²) in [6.07, 6.45) is 1.40. The molecule has 1 N–H and O–H groups in total. The Bertz CT molecular complexity index is 1360. The number of imide groups is 2. The SMILES string of the molecule is Cc1cc(N2C(=O)NC(=O)/C(=C/c3ccc(OCc4ccccc4Br)c(Cl)c3)C2=O)ccc1Br. The minimum atomic E-state index is -0.803. The van der Waals surface area contributed by atoms with E-state index in [0.717, 1.165) is 25.0 Å². The fraction of sp³-hybridized carbons (Fsp3) is 0.0800. The van der Waals surface area contributed by atoms with Gasteiger partial charge >= 0.3 is 6.03 Å². The molecule has 1 saturated heterocycles. The first kappa shape index (κ1) is 24.2. The van der Waals surface area contributed by atoms with E-state index in [1.165, 1.54) is 6.08 Å². The van der Waals surface area contributed by atoms with E-state index in [1.54, 1.807) is 36.4 Å². The Labute approximate surface area is 217 Å². The number of barbiturate groups is 1. The lowest BCUT2D eigenvalue weighted by Gasteiger charge is -2.26. The van der Waals surface area contributed by atoms with Crippen molar-refractivity contribution in [3.05, 3.63) is 96.9 Å². The average molecular weight is 605 g/mol. The zero-order chi connectivity index (χ0) is 24.4. The second-order valence-corrected chi connectivity index (χ2v) is 9.58. The summed E-state index contributed by atoms with van der Waals surface area (Å²) in [6, 6.07) is 16.9.